The van der Waals surface area contributed by atoms with Crippen molar-refractivity contribution in [2.75, 3.05) is 26.4 Å². The Bertz CT molecular complexity index is 1140. The van der Waals surface area contributed by atoms with Crippen molar-refractivity contribution in [2.45, 2.75) is 137 Å². The van der Waals surface area contributed by atoms with Gasteiger partial charge in [-0.25, -0.2) is 0 Å². The first-order valence-electron chi connectivity index (χ1n) is 16.1. The van der Waals surface area contributed by atoms with Crippen LogP contribution in [0.5, 0.6) is 0 Å². The highest BCUT2D eigenvalue weighted by atomic mass is 16.8. The first-order valence-corrected chi connectivity index (χ1v) is 16.1. The number of carbonyl (C=O) groups excluding carboxylic acids is 2. The van der Waals surface area contributed by atoms with Gasteiger partial charge >= 0.3 is 0 Å². The Labute approximate surface area is 289 Å². The molecule has 0 aliphatic carbocycles. The molecule has 23 nitrogen and oxygen atoms in total. The number of ether oxygens (including phenoxy) is 7. The number of rotatable bonds is 12. The average molecular weight is 749 g/mol. The molecule has 2 amide bonds. The summed E-state index contributed by atoms with van der Waals surface area (Å²) in [6, 6.07) is -2.94. The molecule has 20 atom stereocenters. The molecule has 4 heterocycles. The van der Waals surface area contributed by atoms with Gasteiger partial charge in [-0.2, -0.15) is 0 Å². The number of hydrogen-bond donors (Lipinski definition) is 14. The maximum absolute atomic E-state index is 11.8. The van der Waals surface area contributed by atoms with Crippen molar-refractivity contribution < 1.29 is 104 Å². The van der Waals surface area contributed by atoms with E-state index in [4.69, 9.17) is 33.2 Å². The van der Waals surface area contributed by atoms with Gasteiger partial charge in [0.1, 0.15) is 97.5 Å². The van der Waals surface area contributed by atoms with Crippen molar-refractivity contribution in [3.63, 3.8) is 0 Å². The molecule has 0 radical (unpaired) electrons. The average Bonchev–Trinajstić information content (AvgIpc) is 3.09. The minimum Gasteiger partial charge on any atom is -0.394 e. The molecular weight excluding hydrogens is 700 g/mol. The van der Waals surface area contributed by atoms with E-state index >= 15 is 0 Å². The summed E-state index contributed by atoms with van der Waals surface area (Å²) in [4.78, 5) is 23.4. The fourth-order valence-corrected chi connectivity index (χ4v) is 6.35. The summed E-state index contributed by atoms with van der Waals surface area (Å²) >= 11 is 0. The quantitative estimate of drug-likeness (QED) is 0.0881. The second kappa shape index (κ2) is 18.0. The summed E-state index contributed by atoms with van der Waals surface area (Å²) in [5.74, 6) is -1.36. The maximum atomic E-state index is 11.8. The van der Waals surface area contributed by atoms with Crippen LogP contribution in [0.3, 0.4) is 0 Å². The van der Waals surface area contributed by atoms with Gasteiger partial charge in [0, 0.05) is 13.8 Å². The van der Waals surface area contributed by atoms with E-state index in [9.17, 15) is 70.9 Å². The Kier molecular flexibility index (Phi) is 14.8. The van der Waals surface area contributed by atoms with Crippen molar-refractivity contribution in [3.05, 3.63) is 0 Å². The van der Waals surface area contributed by atoms with Gasteiger partial charge in [0.2, 0.25) is 11.8 Å². The zero-order valence-electron chi connectivity index (χ0n) is 27.4. The van der Waals surface area contributed by atoms with Gasteiger partial charge in [-0.05, 0) is 0 Å². The van der Waals surface area contributed by atoms with E-state index in [2.05, 4.69) is 10.6 Å². The van der Waals surface area contributed by atoms with E-state index in [1.165, 1.54) is 0 Å². The maximum Gasteiger partial charge on any atom is 0.217 e. The Morgan fingerprint density at radius 3 is 1.45 bits per heavy atom. The minimum atomic E-state index is -2.04. The lowest BCUT2D eigenvalue weighted by molar-refractivity contribution is -0.383. The molecule has 14 N–H and O–H groups in total. The molecule has 0 bridgehead atoms. The van der Waals surface area contributed by atoms with E-state index in [1.807, 2.05) is 0 Å². The molecule has 4 rings (SSSR count). The zero-order chi connectivity index (χ0) is 37.9. The molecule has 296 valence electrons. The SMILES string of the molecule is CC(=O)N[C@@H]1[C@@H](O)[C@H](O[C@@H]2O[C@H](CO)[C@H](O[C@H]3O[C@H](CO)[C@H](O)[C@H](O[C@@H]4O[C@H](CO)[C@H](O)[C@H](O)[C@H]4NC(C)=O)[C@H]3O)[C@H](O)[C@H]2O)[C@@H](CO)O[C@H]1O. The third-order valence-electron chi connectivity index (χ3n) is 9.01. The minimum absolute atomic E-state index is 0.659. The van der Waals surface area contributed by atoms with Gasteiger partial charge < -0.3 is 105 Å². The molecule has 0 aromatic carbocycles. The van der Waals surface area contributed by atoms with E-state index < -0.39 is 161 Å². The second-order valence-corrected chi connectivity index (χ2v) is 12.6. The van der Waals surface area contributed by atoms with Crippen molar-refractivity contribution in [3.8, 4) is 0 Å². The second-order valence-electron chi connectivity index (χ2n) is 12.6. The fourth-order valence-electron chi connectivity index (χ4n) is 6.35. The highest BCUT2D eigenvalue weighted by molar-refractivity contribution is 5.73. The molecule has 0 unspecified atom stereocenters. The first-order chi connectivity index (χ1) is 24.1. The highest BCUT2D eigenvalue weighted by Gasteiger charge is 2.55. The topological polar surface area (TPSA) is 366 Å². The van der Waals surface area contributed by atoms with Crippen molar-refractivity contribution in [1.29, 1.82) is 0 Å². The summed E-state index contributed by atoms with van der Waals surface area (Å²) in [5, 5.41) is 130. The van der Waals surface area contributed by atoms with Crippen LogP contribution in [-0.2, 0) is 42.7 Å². The Morgan fingerprint density at radius 2 is 0.902 bits per heavy atom. The molecule has 51 heavy (non-hydrogen) atoms. The Hall–Kier alpha value is -1.82. The van der Waals surface area contributed by atoms with E-state index in [0.29, 0.717) is 0 Å². The molecule has 4 fully saturated rings. The van der Waals surface area contributed by atoms with Crippen molar-refractivity contribution in [2.24, 2.45) is 0 Å². The van der Waals surface area contributed by atoms with E-state index in [1.54, 1.807) is 0 Å². The van der Waals surface area contributed by atoms with Crippen LogP contribution >= 0.6 is 0 Å². The summed E-state index contributed by atoms with van der Waals surface area (Å²) in [6.07, 6.45) is -31.5. The first kappa shape index (κ1) is 41.9. The summed E-state index contributed by atoms with van der Waals surface area (Å²) in [6.45, 7) is -1.27. The fraction of sp³-hybridized carbons (Fsp3) is 0.929. The smallest absolute Gasteiger partial charge is 0.217 e. The van der Waals surface area contributed by atoms with Crippen molar-refractivity contribution >= 4 is 11.8 Å². The van der Waals surface area contributed by atoms with Crippen LogP contribution < -0.4 is 10.6 Å². The summed E-state index contributed by atoms with van der Waals surface area (Å²) < 4.78 is 38.9. The monoisotopic (exact) mass is 748 g/mol. The Balaban J connectivity index is 1.51. The zero-order valence-corrected chi connectivity index (χ0v) is 27.4. The number of amides is 2. The van der Waals surface area contributed by atoms with Crippen LogP contribution in [0.15, 0.2) is 0 Å². The van der Waals surface area contributed by atoms with E-state index in [0.717, 1.165) is 13.8 Å². The van der Waals surface area contributed by atoms with Gasteiger partial charge in [0.15, 0.2) is 25.2 Å². The third-order valence-corrected chi connectivity index (χ3v) is 9.01. The van der Waals surface area contributed by atoms with Crippen LogP contribution in [-0.4, -0.2) is 222 Å². The van der Waals surface area contributed by atoms with Gasteiger partial charge in [-0.15, -0.1) is 0 Å². The predicted octanol–water partition coefficient (Wildman–Crippen LogP) is -9.46. The molecule has 23 heteroatoms. The molecule has 0 aromatic heterocycles. The summed E-state index contributed by atoms with van der Waals surface area (Å²) in [5.41, 5.74) is 0. The third kappa shape index (κ3) is 9.11. The molecule has 0 spiro atoms. The van der Waals surface area contributed by atoms with Gasteiger partial charge in [0.05, 0.1) is 26.4 Å². The number of carbonyl (C=O) groups is 2. The molecule has 4 aliphatic rings. The Morgan fingerprint density at radius 1 is 0.471 bits per heavy atom. The molecule has 4 aliphatic heterocycles. The largest absolute Gasteiger partial charge is 0.394 e. The van der Waals surface area contributed by atoms with Crippen LogP contribution in [0.4, 0.5) is 0 Å². The molecule has 0 saturated carbocycles. The molecular formula is C28H48N2O21. The number of nitrogens with one attached hydrogen (secondary N) is 2. The van der Waals surface area contributed by atoms with Gasteiger partial charge in [-0.3, -0.25) is 9.59 Å². The van der Waals surface area contributed by atoms with Crippen LogP contribution in [0.1, 0.15) is 13.8 Å². The standard InChI is InChI=1S/C28H48N2O21/c1-7(35)29-13-18(40)22(11(5-33)45-25(13)44)49-27-20(42)19(41)23(12(6-34)48-27)50-28-21(43)24(16(38)10(4-32)47-28)51-26-14(30-8(2)36)17(39)15(37)9(3-31)46-26/h9-28,31-34,37-44H,3-6H2,1-2H3,(H,29,35)(H,30,36)/t9-,10-,11-,12-,13-,14-,15+,16+,17-,18-,19-,20-,21-,22-,23+,24+,25-,26+,27+,28-/m1/s1. The van der Waals surface area contributed by atoms with E-state index in [-0.39, 0.29) is 0 Å². The van der Waals surface area contributed by atoms with Crippen molar-refractivity contribution in [1.82, 2.24) is 10.6 Å². The predicted molar refractivity (Wildman–Crippen MR) is 157 cm³/mol. The highest BCUT2D eigenvalue weighted by Crippen LogP contribution is 2.34. The number of hydrogen-bond acceptors (Lipinski definition) is 21. The van der Waals surface area contributed by atoms with Crippen LogP contribution in [0.2, 0.25) is 0 Å². The lowest BCUT2D eigenvalue weighted by Crippen LogP contribution is -2.69. The lowest BCUT2D eigenvalue weighted by Gasteiger charge is -2.49. The molecule has 4 saturated heterocycles. The van der Waals surface area contributed by atoms with Crippen LogP contribution in [0.25, 0.3) is 0 Å². The molecule has 0 aromatic rings. The summed E-state index contributed by atoms with van der Waals surface area (Å²) in [7, 11) is 0. The number of aliphatic hydroxyl groups excluding tert-OH is 12. The lowest BCUT2D eigenvalue weighted by atomic mass is 9.94. The van der Waals surface area contributed by atoms with Gasteiger partial charge in [-0.1, -0.05) is 0 Å². The number of aliphatic hydroxyl groups is 12. The van der Waals surface area contributed by atoms with Gasteiger partial charge in [0.25, 0.3) is 0 Å². The normalized spacial score (nSPS) is 47.8. The van der Waals surface area contributed by atoms with Crippen LogP contribution in [0, 0.1) is 0 Å².